The maximum Gasteiger partial charge on any atom is 0.265 e. The lowest BCUT2D eigenvalue weighted by atomic mass is 10.2. The quantitative estimate of drug-likeness (QED) is 0.754. The Balaban J connectivity index is 1.88. The van der Waals surface area contributed by atoms with Crippen LogP contribution in [0.3, 0.4) is 0 Å². The van der Waals surface area contributed by atoms with E-state index in [1.807, 2.05) is 13.8 Å². The van der Waals surface area contributed by atoms with Crippen molar-refractivity contribution in [1.29, 1.82) is 0 Å². The van der Waals surface area contributed by atoms with Gasteiger partial charge in [0.2, 0.25) is 15.9 Å². The van der Waals surface area contributed by atoms with E-state index in [0.29, 0.717) is 24.5 Å². The van der Waals surface area contributed by atoms with Crippen LogP contribution in [0.25, 0.3) is 0 Å². The number of carbonyl (C=O) groups is 2. The van der Waals surface area contributed by atoms with E-state index in [4.69, 9.17) is 4.74 Å². The number of fused-ring (bicyclic) bond motifs is 1. The average molecular weight is 424 g/mol. The minimum absolute atomic E-state index is 0.00661. The van der Waals surface area contributed by atoms with Gasteiger partial charge in [0.05, 0.1) is 10.6 Å². The molecule has 160 valence electrons. The Kier molecular flexibility index (Phi) is 6.79. The molecule has 0 radical (unpaired) electrons. The number of ether oxygens (including phenoxy) is 1. The van der Waals surface area contributed by atoms with E-state index in [1.165, 1.54) is 21.3 Å². The molecule has 1 N–H and O–H groups in total. The maximum absolute atomic E-state index is 13.1. The molecule has 2 aliphatic heterocycles. The predicted molar refractivity (Wildman–Crippen MR) is 109 cm³/mol. The fourth-order valence-corrected chi connectivity index (χ4v) is 5.05. The average Bonchev–Trinajstić information content (AvgIpc) is 2.99. The number of sulfonamides is 1. The summed E-state index contributed by atoms with van der Waals surface area (Å²) in [5.41, 5.74) is 0.316. The maximum atomic E-state index is 13.1. The highest BCUT2D eigenvalue weighted by Crippen LogP contribution is 2.35. The zero-order valence-electron chi connectivity index (χ0n) is 17.0. The van der Waals surface area contributed by atoms with E-state index in [1.54, 1.807) is 6.07 Å². The standard InChI is InChI=1S/C20H29N3O5S/c1-3-15(2)21-19(24)13-23-17-12-16(8-9-18(17)28-14-20(23)25)29(26,27)22-10-6-4-5-7-11-22/h8-9,12,15H,3-7,10-11,13-14H2,1-2H3,(H,21,24)/t15-/m1/s1. The number of amides is 2. The lowest BCUT2D eigenvalue weighted by molar-refractivity contribution is -0.125. The summed E-state index contributed by atoms with van der Waals surface area (Å²) in [5, 5.41) is 2.83. The van der Waals surface area contributed by atoms with Crippen molar-refractivity contribution in [3.8, 4) is 5.75 Å². The summed E-state index contributed by atoms with van der Waals surface area (Å²) in [5.74, 6) is -0.266. The van der Waals surface area contributed by atoms with Gasteiger partial charge in [-0.3, -0.25) is 14.5 Å². The largest absolute Gasteiger partial charge is 0.482 e. The molecule has 0 spiro atoms. The van der Waals surface area contributed by atoms with Gasteiger partial charge in [0, 0.05) is 19.1 Å². The van der Waals surface area contributed by atoms with Crippen molar-refractivity contribution in [2.24, 2.45) is 0 Å². The van der Waals surface area contributed by atoms with Crippen LogP contribution in [0.5, 0.6) is 5.75 Å². The van der Waals surface area contributed by atoms with Crippen LogP contribution in [0.1, 0.15) is 46.0 Å². The number of carbonyl (C=O) groups excluding carboxylic acids is 2. The van der Waals surface area contributed by atoms with Gasteiger partial charge in [0.25, 0.3) is 5.91 Å². The van der Waals surface area contributed by atoms with E-state index in [9.17, 15) is 18.0 Å². The first-order valence-corrected chi connectivity index (χ1v) is 11.6. The number of benzene rings is 1. The molecule has 1 atom stereocenters. The Bertz CT molecular complexity index is 863. The molecule has 1 fully saturated rings. The third kappa shape index (κ3) is 4.90. The zero-order valence-corrected chi connectivity index (χ0v) is 17.8. The van der Waals surface area contributed by atoms with Gasteiger partial charge in [0.1, 0.15) is 12.3 Å². The van der Waals surface area contributed by atoms with Gasteiger partial charge in [-0.15, -0.1) is 0 Å². The van der Waals surface area contributed by atoms with Crippen molar-refractivity contribution in [2.45, 2.75) is 56.9 Å². The third-order valence-electron chi connectivity index (χ3n) is 5.40. The second-order valence-electron chi connectivity index (χ2n) is 7.59. The summed E-state index contributed by atoms with van der Waals surface area (Å²) in [7, 11) is -3.67. The number of anilines is 1. The van der Waals surface area contributed by atoms with Crippen LogP contribution in [-0.4, -0.2) is 56.8 Å². The molecule has 2 amide bonds. The number of nitrogens with zero attached hydrogens (tertiary/aromatic N) is 2. The topological polar surface area (TPSA) is 96.0 Å². The number of rotatable bonds is 6. The molecule has 8 nitrogen and oxygen atoms in total. The van der Waals surface area contributed by atoms with Crippen LogP contribution < -0.4 is 15.0 Å². The highest BCUT2D eigenvalue weighted by molar-refractivity contribution is 7.89. The molecular formula is C20H29N3O5S. The van der Waals surface area contributed by atoms with Crippen LogP contribution in [0, 0.1) is 0 Å². The van der Waals surface area contributed by atoms with Crippen molar-refractivity contribution in [3.63, 3.8) is 0 Å². The van der Waals surface area contributed by atoms with Crippen LogP contribution in [0.2, 0.25) is 0 Å². The van der Waals surface area contributed by atoms with Gasteiger partial charge >= 0.3 is 0 Å². The van der Waals surface area contributed by atoms with Gasteiger partial charge in [-0.2, -0.15) is 4.31 Å². The molecule has 0 bridgehead atoms. The third-order valence-corrected chi connectivity index (χ3v) is 7.29. The smallest absolute Gasteiger partial charge is 0.265 e. The molecule has 2 heterocycles. The Morgan fingerprint density at radius 2 is 1.90 bits per heavy atom. The van der Waals surface area contributed by atoms with Gasteiger partial charge in [0.15, 0.2) is 6.61 Å². The lowest BCUT2D eigenvalue weighted by Gasteiger charge is -2.30. The molecule has 29 heavy (non-hydrogen) atoms. The Labute approximate surface area is 172 Å². The van der Waals surface area contributed by atoms with Crippen molar-refractivity contribution < 1.29 is 22.7 Å². The summed E-state index contributed by atoms with van der Waals surface area (Å²) in [6.07, 6.45) is 4.51. The van der Waals surface area contributed by atoms with Gasteiger partial charge < -0.3 is 10.1 Å². The highest BCUT2D eigenvalue weighted by atomic mass is 32.2. The van der Waals surface area contributed by atoms with Crippen molar-refractivity contribution in [2.75, 3.05) is 31.1 Å². The summed E-state index contributed by atoms with van der Waals surface area (Å²) in [4.78, 5) is 26.2. The Morgan fingerprint density at radius 1 is 1.21 bits per heavy atom. The SMILES string of the molecule is CC[C@@H](C)NC(=O)CN1C(=O)COc2ccc(S(=O)(=O)N3CCCCCC3)cc21. The fraction of sp³-hybridized carbons (Fsp3) is 0.600. The fourth-order valence-electron chi connectivity index (χ4n) is 3.51. The van der Waals surface area contributed by atoms with Crippen LogP contribution >= 0.6 is 0 Å². The minimum atomic E-state index is -3.67. The molecule has 9 heteroatoms. The summed E-state index contributed by atoms with van der Waals surface area (Å²) in [6.45, 7) is 4.49. The van der Waals surface area contributed by atoms with Crippen LogP contribution in [-0.2, 0) is 19.6 Å². The first-order valence-electron chi connectivity index (χ1n) is 10.2. The Morgan fingerprint density at radius 3 is 2.55 bits per heavy atom. The zero-order chi connectivity index (χ0) is 21.0. The number of nitrogens with one attached hydrogen (secondary N) is 1. The molecule has 0 saturated carbocycles. The lowest BCUT2D eigenvalue weighted by Crippen LogP contribution is -2.46. The van der Waals surface area contributed by atoms with Crippen molar-refractivity contribution in [1.82, 2.24) is 9.62 Å². The highest BCUT2D eigenvalue weighted by Gasteiger charge is 2.31. The Hall–Kier alpha value is -2.13. The number of hydrogen-bond donors (Lipinski definition) is 1. The molecule has 1 saturated heterocycles. The normalized spacial score (nSPS) is 19.1. The first kappa shape index (κ1) is 21.6. The van der Waals surface area contributed by atoms with E-state index in [2.05, 4.69) is 5.32 Å². The molecule has 2 aliphatic rings. The predicted octanol–water partition coefficient (Wildman–Crippen LogP) is 1.89. The summed E-state index contributed by atoms with van der Waals surface area (Å²) < 4.78 is 33.2. The van der Waals surface area contributed by atoms with Crippen molar-refractivity contribution in [3.05, 3.63) is 18.2 Å². The second kappa shape index (κ2) is 9.13. The molecule has 3 rings (SSSR count). The van der Waals surface area contributed by atoms with Crippen LogP contribution in [0.4, 0.5) is 5.69 Å². The molecule has 0 aliphatic carbocycles. The molecule has 0 unspecified atom stereocenters. The van der Waals surface area contributed by atoms with Crippen LogP contribution in [0.15, 0.2) is 23.1 Å². The molecule has 0 aromatic heterocycles. The van der Waals surface area contributed by atoms with E-state index < -0.39 is 10.0 Å². The van der Waals surface area contributed by atoms with Gasteiger partial charge in [-0.1, -0.05) is 19.8 Å². The van der Waals surface area contributed by atoms with Gasteiger partial charge in [-0.25, -0.2) is 8.42 Å². The second-order valence-corrected chi connectivity index (χ2v) is 9.53. The van der Waals surface area contributed by atoms with Gasteiger partial charge in [-0.05, 0) is 44.4 Å². The molecular weight excluding hydrogens is 394 g/mol. The van der Waals surface area contributed by atoms with E-state index in [0.717, 1.165) is 32.1 Å². The monoisotopic (exact) mass is 423 g/mol. The van der Waals surface area contributed by atoms with Crippen molar-refractivity contribution >= 4 is 27.5 Å². The van der Waals surface area contributed by atoms with E-state index >= 15 is 0 Å². The minimum Gasteiger partial charge on any atom is -0.482 e. The molecule has 1 aromatic carbocycles. The summed E-state index contributed by atoms with van der Waals surface area (Å²) in [6, 6.07) is 4.51. The number of hydrogen-bond acceptors (Lipinski definition) is 5. The molecule has 1 aromatic rings. The van der Waals surface area contributed by atoms with E-state index in [-0.39, 0.29) is 35.9 Å². The first-order chi connectivity index (χ1) is 13.8. The summed E-state index contributed by atoms with van der Waals surface area (Å²) >= 11 is 0.